The van der Waals surface area contributed by atoms with Crippen molar-refractivity contribution in [2.24, 2.45) is 5.73 Å². The number of rotatable bonds is 5. The Morgan fingerprint density at radius 1 is 1.38 bits per heavy atom. The molecule has 1 aromatic heterocycles. The van der Waals surface area contributed by atoms with Gasteiger partial charge >= 0.3 is 5.97 Å². The lowest BCUT2D eigenvalue weighted by Gasteiger charge is -2.29. The molecule has 0 aliphatic carbocycles. The number of aliphatic carboxylic acids is 1. The Morgan fingerprint density at radius 3 is 2.67 bits per heavy atom. The molecule has 8 nitrogen and oxygen atoms in total. The van der Waals surface area contributed by atoms with Crippen LogP contribution in [0, 0.1) is 0 Å². The molecule has 2 unspecified atom stereocenters. The van der Waals surface area contributed by atoms with E-state index in [4.69, 9.17) is 10.8 Å². The van der Waals surface area contributed by atoms with Gasteiger partial charge < -0.3 is 15.7 Å². The number of nitrogens with zero attached hydrogens (tertiary/aromatic N) is 4. The minimum Gasteiger partial charge on any atom is -0.480 e. The lowest BCUT2D eigenvalue weighted by Crippen LogP contribution is -2.39. The van der Waals surface area contributed by atoms with Crippen molar-refractivity contribution in [3.05, 3.63) is 11.9 Å². The number of hydrogen-bond acceptors (Lipinski definition) is 5. The van der Waals surface area contributed by atoms with E-state index >= 15 is 0 Å². The average Bonchev–Trinajstić information content (AvgIpc) is 2.95. The van der Waals surface area contributed by atoms with Gasteiger partial charge in [0.2, 0.25) is 5.91 Å². The quantitative estimate of drug-likeness (QED) is 0.778. The molecule has 0 radical (unpaired) electrons. The minimum absolute atomic E-state index is 0.0219. The van der Waals surface area contributed by atoms with Crippen LogP contribution in [0.1, 0.15) is 37.9 Å². The van der Waals surface area contributed by atoms with Gasteiger partial charge in [-0.05, 0) is 26.2 Å². The van der Waals surface area contributed by atoms with Crippen LogP contribution in [0.15, 0.2) is 6.20 Å². The van der Waals surface area contributed by atoms with Crippen LogP contribution in [-0.2, 0) is 16.0 Å². The maximum absolute atomic E-state index is 12.4. The smallest absolute Gasteiger partial charge is 0.320 e. The molecule has 21 heavy (non-hydrogen) atoms. The van der Waals surface area contributed by atoms with Crippen LogP contribution in [0.3, 0.4) is 0 Å². The summed E-state index contributed by atoms with van der Waals surface area (Å²) in [4.78, 5) is 24.9. The number of piperidine rings is 1. The highest BCUT2D eigenvalue weighted by molar-refractivity contribution is 5.80. The van der Waals surface area contributed by atoms with Crippen molar-refractivity contribution in [1.29, 1.82) is 0 Å². The molecular weight excluding hydrogens is 274 g/mol. The maximum Gasteiger partial charge on any atom is 0.320 e. The Kier molecular flexibility index (Phi) is 4.89. The Bertz CT molecular complexity index is 510. The van der Waals surface area contributed by atoms with Gasteiger partial charge in [-0.15, -0.1) is 5.10 Å². The Hall–Kier alpha value is -1.96. The standard InChI is InChI=1S/C13H21N5O3/c1-9(12(19)17-5-3-2-4-6-17)18-8-10(15-16-18)7-11(14)13(20)21/h8-9,11H,2-7,14H2,1H3,(H,20,21). The summed E-state index contributed by atoms with van der Waals surface area (Å²) in [5, 5.41) is 16.6. The number of hydrogen-bond donors (Lipinski definition) is 2. The number of aromatic nitrogens is 3. The number of carboxylic acid groups (broad SMARTS) is 1. The normalized spacial score (nSPS) is 18.3. The van der Waals surface area contributed by atoms with E-state index in [0.29, 0.717) is 5.69 Å². The summed E-state index contributed by atoms with van der Waals surface area (Å²) in [7, 11) is 0. The first-order valence-corrected chi connectivity index (χ1v) is 7.17. The van der Waals surface area contributed by atoms with Crippen molar-refractivity contribution in [3.63, 3.8) is 0 Å². The van der Waals surface area contributed by atoms with Crippen LogP contribution >= 0.6 is 0 Å². The summed E-state index contributed by atoms with van der Waals surface area (Å²) in [6.07, 6.45) is 4.93. The highest BCUT2D eigenvalue weighted by atomic mass is 16.4. The molecule has 0 spiro atoms. The van der Waals surface area contributed by atoms with Crippen LogP contribution < -0.4 is 5.73 Å². The van der Waals surface area contributed by atoms with Crippen molar-refractivity contribution >= 4 is 11.9 Å². The van der Waals surface area contributed by atoms with E-state index in [0.717, 1.165) is 25.9 Å². The molecule has 2 heterocycles. The molecule has 0 saturated carbocycles. The summed E-state index contributed by atoms with van der Waals surface area (Å²) in [6.45, 7) is 3.34. The van der Waals surface area contributed by atoms with E-state index in [9.17, 15) is 9.59 Å². The van der Waals surface area contributed by atoms with Gasteiger partial charge in [0.1, 0.15) is 12.1 Å². The SMILES string of the molecule is CC(C(=O)N1CCCCC1)n1cc(CC(N)C(=O)O)nn1. The highest BCUT2D eigenvalue weighted by Crippen LogP contribution is 2.15. The molecule has 0 bridgehead atoms. The van der Waals surface area contributed by atoms with Crippen LogP contribution in [-0.4, -0.2) is 56.0 Å². The van der Waals surface area contributed by atoms with Crippen molar-refractivity contribution in [2.45, 2.75) is 44.7 Å². The number of amides is 1. The average molecular weight is 295 g/mol. The zero-order valence-corrected chi connectivity index (χ0v) is 12.1. The molecular formula is C13H21N5O3. The first kappa shape index (κ1) is 15.4. The summed E-state index contributed by atoms with van der Waals surface area (Å²) in [6, 6.07) is -1.45. The van der Waals surface area contributed by atoms with Crippen molar-refractivity contribution < 1.29 is 14.7 Å². The molecule has 116 valence electrons. The lowest BCUT2D eigenvalue weighted by atomic mass is 10.1. The van der Waals surface area contributed by atoms with Crippen molar-refractivity contribution in [1.82, 2.24) is 19.9 Å². The fourth-order valence-electron chi connectivity index (χ4n) is 2.40. The van der Waals surface area contributed by atoms with E-state index in [1.165, 1.54) is 11.1 Å². The fraction of sp³-hybridized carbons (Fsp3) is 0.692. The van der Waals surface area contributed by atoms with Gasteiger partial charge in [-0.25, -0.2) is 4.68 Å². The summed E-state index contributed by atoms with van der Waals surface area (Å²) in [5.41, 5.74) is 5.93. The predicted octanol–water partition coefficient (Wildman–Crippen LogP) is -0.194. The molecule has 2 atom stereocenters. The number of carboxylic acids is 1. The van der Waals surface area contributed by atoms with E-state index in [1.807, 2.05) is 4.90 Å². The fourth-order valence-corrected chi connectivity index (χ4v) is 2.40. The molecule has 1 aromatic rings. The Balaban J connectivity index is 1.99. The zero-order chi connectivity index (χ0) is 15.4. The second-order valence-electron chi connectivity index (χ2n) is 5.40. The molecule has 3 N–H and O–H groups in total. The molecule has 1 saturated heterocycles. The predicted molar refractivity (Wildman–Crippen MR) is 74.5 cm³/mol. The van der Waals surface area contributed by atoms with Crippen LogP contribution in [0.2, 0.25) is 0 Å². The molecule has 1 fully saturated rings. The molecule has 1 amide bonds. The number of likely N-dealkylation sites (tertiary alicyclic amines) is 1. The topological polar surface area (TPSA) is 114 Å². The van der Waals surface area contributed by atoms with Crippen LogP contribution in [0.25, 0.3) is 0 Å². The van der Waals surface area contributed by atoms with Crippen LogP contribution in [0.5, 0.6) is 0 Å². The van der Waals surface area contributed by atoms with Gasteiger partial charge in [0.25, 0.3) is 0 Å². The van der Waals surface area contributed by atoms with E-state index in [2.05, 4.69) is 10.3 Å². The summed E-state index contributed by atoms with van der Waals surface area (Å²) in [5.74, 6) is -1.06. The Morgan fingerprint density at radius 2 is 2.05 bits per heavy atom. The minimum atomic E-state index is -1.08. The first-order valence-electron chi connectivity index (χ1n) is 7.17. The van der Waals surface area contributed by atoms with Gasteiger partial charge in [0.05, 0.1) is 5.69 Å². The lowest BCUT2D eigenvalue weighted by molar-refractivity contribution is -0.138. The molecule has 1 aliphatic heterocycles. The number of nitrogens with two attached hydrogens (primary N) is 1. The first-order chi connectivity index (χ1) is 9.99. The third-order valence-electron chi connectivity index (χ3n) is 3.73. The maximum atomic E-state index is 12.4. The van der Waals surface area contributed by atoms with E-state index < -0.39 is 18.1 Å². The van der Waals surface area contributed by atoms with E-state index in [-0.39, 0.29) is 12.3 Å². The number of carbonyl (C=O) groups excluding carboxylic acids is 1. The Labute approximate surface area is 122 Å². The molecule has 2 rings (SSSR count). The van der Waals surface area contributed by atoms with Gasteiger partial charge in [0, 0.05) is 25.7 Å². The molecule has 8 heteroatoms. The second kappa shape index (κ2) is 6.66. The van der Waals surface area contributed by atoms with Gasteiger partial charge in [-0.3, -0.25) is 9.59 Å². The summed E-state index contributed by atoms with van der Waals surface area (Å²) >= 11 is 0. The van der Waals surface area contributed by atoms with Crippen molar-refractivity contribution in [3.8, 4) is 0 Å². The third-order valence-corrected chi connectivity index (χ3v) is 3.73. The number of carbonyl (C=O) groups is 2. The van der Waals surface area contributed by atoms with Crippen molar-refractivity contribution in [2.75, 3.05) is 13.1 Å². The monoisotopic (exact) mass is 295 g/mol. The third kappa shape index (κ3) is 3.78. The largest absolute Gasteiger partial charge is 0.480 e. The highest BCUT2D eigenvalue weighted by Gasteiger charge is 2.24. The van der Waals surface area contributed by atoms with Crippen LogP contribution in [0.4, 0.5) is 0 Å². The van der Waals surface area contributed by atoms with E-state index in [1.54, 1.807) is 13.1 Å². The second-order valence-corrected chi connectivity index (χ2v) is 5.40. The van der Waals surface area contributed by atoms with Gasteiger partial charge in [-0.1, -0.05) is 5.21 Å². The zero-order valence-electron chi connectivity index (χ0n) is 12.1. The summed E-state index contributed by atoms with van der Waals surface area (Å²) < 4.78 is 1.47. The molecule has 1 aliphatic rings. The van der Waals surface area contributed by atoms with Gasteiger partial charge in [0.15, 0.2) is 0 Å². The molecule has 0 aromatic carbocycles. The van der Waals surface area contributed by atoms with Gasteiger partial charge in [-0.2, -0.15) is 0 Å².